The quantitative estimate of drug-likeness (QED) is 0.784. The lowest BCUT2D eigenvalue weighted by molar-refractivity contribution is 0.471. The number of nitrogens with zero attached hydrogens (tertiary/aromatic N) is 2. The van der Waals surface area contributed by atoms with Gasteiger partial charge in [-0.15, -0.1) is 11.6 Å². The predicted molar refractivity (Wildman–Crippen MR) is 84.0 cm³/mol. The highest BCUT2D eigenvalue weighted by Crippen LogP contribution is 2.18. The van der Waals surface area contributed by atoms with Crippen molar-refractivity contribution in [1.82, 2.24) is 15.1 Å². The number of rotatable bonds is 7. The van der Waals surface area contributed by atoms with Crippen molar-refractivity contribution in [2.24, 2.45) is 0 Å². The maximum Gasteiger partial charge on any atom is 0.0762 e. The van der Waals surface area contributed by atoms with Gasteiger partial charge in [-0.1, -0.05) is 37.3 Å². The minimum absolute atomic E-state index is 0.00662. The highest BCUT2D eigenvalue weighted by molar-refractivity contribution is 6.21. The number of hydrogen-bond donors (Lipinski definition) is 1. The molecular weight excluding hydrogens is 270 g/mol. The molecule has 1 aromatic heterocycles. The maximum atomic E-state index is 6.36. The first-order valence-electron chi connectivity index (χ1n) is 7.14. The van der Waals surface area contributed by atoms with Crippen molar-refractivity contribution in [1.29, 1.82) is 0 Å². The zero-order valence-electron chi connectivity index (χ0n) is 12.1. The summed E-state index contributed by atoms with van der Waals surface area (Å²) < 4.78 is 2.02. The fourth-order valence-corrected chi connectivity index (χ4v) is 2.27. The van der Waals surface area contributed by atoms with E-state index in [1.165, 1.54) is 0 Å². The Kier molecular flexibility index (Phi) is 5.62. The van der Waals surface area contributed by atoms with E-state index in [1.54, 1.807) is 0 Å². The molecule has 1 aromatic carbocycles. The van der Waals surface area contributed by atoms with Crippen LogP contribution in [0.1, 0.15) is 42.9 Å². The van der Waals surface area contributed by atoms with Crippen LogP contribution in [0.4, 0.5) is 0 Å². The summed E-state index contributed by atoms with van der Waals surface area (Å²) in [6, 6.07) is 12.6. The second-order valence-electron chi connectivity index (χ2n) is 5.05. The van der Waals surface area contributed by atoms with Crippen molar-refractivity contribution < 1.29 is 0 Å². The van der Waals surface area contributed by atoms with Gasteiger partial charge in [0.05, 0.1) is 11.1 Å². The van der Waals surface area contributed by atoms with E-state index < -0.39 is 0 Å². The van der Waals surface area contributed by atoms with Crippen LogP contribution in [0.15, 0.2) is 42.6 Å². The number of alkyl halides is 1. The number of hydrogen-bond acceptors (Lipinski definition) is 2. The molecule has 0 fully saturated rings. The molecule has 1 heterocycles. The van der Waals surface area contributed by atoms with Crippen LogP contribution in [-0.2, 0) is 6.54 Å². The molecule has 2 atom stereocenters. The summed E-state index contributed by atoms with van der Waals surface area (Å²) in [6.45, 7) is 5.83. The lowest BCUT2D eigenvalue weighted by Gasteiger charge is -2.11. The normalized spacial score (nSPS) is 14.2. The van der Waals surface area contributed by atoms with Gasteiger partial charge < -0.3 is 5.32 Å². The van der Waals surface area contributed by atoms with Crippen molar-refractivity contribution in [2.75, 3.05) is 6.54 Å². The first-order chi connectivity index (χ1) is 9.70. The van der Waals surface area contributed by atoms with Gasteiger partial charge in [0.1, 0.15) is 0 Å². The van der Waals surface area contributed by atoms with E-state index in [1.807, 2.05) is 29.1 Å². The van der Waals surface area contributed by atoms with Gasteiger partial charge in [-0.25, -0.2) is 0 Å². The first-order valence-corrected chi connectivity index (χ1v) is 7.58. The fourth-order valence-electron chi connectivity index (χ4n) is 2.01. The van der Waals surface area contributed by atoms with Gasteiger partial charge in [0.2, 0.25) is 0 Å². The average molecular weight is 292 g/mol. The summed E-state index contributed by atoms with van der Waals surface area (Å²) in [5.41, 5.74) is 2.20. The van der Waals surface area contributed by atoms with Gasteiger partial charge >= 0.3 is 0 Å². The zero-order chi connectivity index (χ0) is 14.4. The molecule has 1 N–H and O–H groups in total. The minimum Gasteiger partial charge on any atom is -0.309 e. The van der Waals surface area contributed by atoms with Crippen LogP contribution in [0, 0.1) is 0 Å². The lowest BCUT2D eigenvalue weighted by atomic mass is 10.1. The van der Waals surface area contributed by atoms with Crippen molar-refractivity contribution in [2.45, 2.75) is 38.2 Å². The van der Waals surface area contributed by atoms with Crippen molar-refractivity contribution in [3.8, 4) is 0 Å². The van der Waals surface area contributed by atoms with E-state index >= 15 is 0 Å². The minimum atomic E-state index is -0.00662. The van der Waals surface area contributed by atoms with Crippen molar-refractivity contribution in [3.63, 3.8) is 0 Å². The molecular formula is C16H22ClN3. The Bertz CT molecular complexity index is 509. The Hall–Kier alpha value is -1.32. The van der Waals surface area contributed by atoms with Crippen molar-refractivity contribution >= 4 is 11.6 Å². The number of aromatic nitrogens is 2. The molecule has 4 heteroatoms. The predicted octanol–water partition coefficient (Wildman–Crippen LogP) is 3.92. The second kappa shape index (κ2) is 7.46. The third-order valence-corrected chi connectivity index (χ3v) is 3.90. The van der Waals surface area contributed by atoms with Gasteiger partial charge in [-0.05, 0) is 25.0 Å². The first kappa shape index (κ1) is 15.1. The molecule has 108 valence electrons. The Labute approximate surface area is 126 Å². The molecule has 3 nitrogen and oxygen atoms in total. The van der Waals surface area contributed by atoms with Gasteiger partial charge in [0.15, 0.2) is 0 Å². The fraction of sp³-hybridized carbons (Fsp3) is 0.438. The largest absolute Gasteiger partial charge is 0.309 e. The Morgan fingerprint density at radius 3 is 2.70 bits per heavy atom. The van der Waals surface area contributed by atoms with E-state index in [0.717, 1.165) is 30.8 Å². The van der Waals surface area contributed by atoms with Crippen LogP contribution in [-0.4, -0.2) is 16.3 Å². The molecule has 0 saturated heterocycles. The Morgan fingerprint density at radius 1 is 1.25 bits per heavy atom. The third kappa shape index (κ3) is 4.09. The monoisotopic (exact) mass is 291 g/mol. The maximum absolute atomic E-state index is 6.36. The average Bonchev–Trinajstić information content (AvgIpc) is 2.96. The van der Waals surface area contributed by atoms with Gasteiger partial charge in [-0.3, -0.25) is 4.68 Å². The summed E-state index contributed by atoms with van der Waals surface area (Å²) in [5, 5.41) is 7.92. The molecule has 0 aliphatic carbocycles. The summed E-state index contributed by atoms with van der Waals surface area (Å²) in [5.74, 6) is 0. The topological polar surface area (TPSA) is 29.9 Å². The standard InChI is InChI=1S/C16H22ClN3/c1-3-13(2)20-10-9-15(19-20)11-18-12-16(17)14-7-5-4-6-8-14/h4-10,13,16,18H,3,11-12H2,1-2H3. The van der Waals surface area contributed by atoms with Gasteiger partial charge in [-0.2, -0.15) is 5.10 Å². The summed E-state index contributed by atoms with van der Waals surface area (Å²) in [4.78, 5) is 0. The summed E-state index contributed by atoms with van der Waals surface area (Å²) in [6.07, 6.45) is 3.13. The number of nitrogens with one attached hydrogen (secondary N) is 1. The zero-order valence-corrected chi connectivity index (χ0v) is 12.8. The molecule has 0 saturated carbocycles. The Morgan fingerprint density at radius 2 is 2.00 bits per heavy atom. The molecule has 0 spiro atoms. The van der Waals surface area contributed by atoms with E-state index in [9.17, 15) is 0 Å². The molecule has 0 aliphatic rings. The van der Waals surface area contributed by atoms with Gasteiger partial charge in [0.25, 0.3) is 0 Å². The SMILES string of the molecule is CCC(C)n1ccc(CNCC(Cl)c2ccccc2)n1. The van der Waals surface area contributed by atoms with E-state index in [2.05, 4.69) is 42.5 Å². The number of benzene rings is 1. The number of halogens is 1. The molecule has 2 rings (SSSR count). The van der Waals surface area contributed by atoms with Crippen LogP contribution < -0.4 is 5.32 Å². The molecule has 0 radical (unpaired) electrons. The van der Waals surface area contributed by atoms with Crippen LogP contribution in [0.2, 0.25) is 0 Å². The smallest absolute Gasteiger partial charge is 0.0762 e. The van der Waals surface area contributed by atoms with E-state index in [0.29, 0.717) is 6.04 Å². The highest BCUT2D eigenvalue weighted by atomic mass is 35.5. The lowest BCUT2D eigenvalue weighted by Crippen LogP contribution is -2.19. The molecule has 0 bridgehead atoms. The van der Waals surface area contributed by atoms with E-state index in [4.69, 9.17) is 11.6 Å². The molecule has 20 heavy (non-hydrogen) atoms. The van der Waals surface area contributed by atoms with Crippen LogP contribution in [0.5, 0.6) is 0 Å². The second-order valence-corrected chi connectivity index (χ2v) is 5.58. The summed E-state index contributed by atoms with van der Waals surface area (Å²) in [7, 11) is 0. The molecule has 2 unspecified atom stereocenters. The van der Waals surface area contributed by atoms with Crippen LogP contribution >= 0.6 is 11.6 Å². The molecule has 0 amide bonds. The van der Waals surface area contributed by atoms with Crippen molar-refractivity contribution in [3.05, 3.63) is 53.9 Å². The van der Waals surface area contributed by atoms with Crippen LogP contribution in [0.25, 0.3) is 0 Å². The van der Waals surface area contributed by atoms with Crippen LogP contribution in [0.3, 0.4) is 0 Å². The summed E-state index contributed by atoms with van der Waals surface area (Å²) >= 11 is 6.36. The van der Waals surface area contributed by atoms with E-state index in [-0.39, 0.29) is 5.38 Å². The molecule has 2 aromatic rings. The molecule has 0 aliphatic heterocycles. The highest BCUT2D eigenvalue weighted by Gasteiger charge is 2.08. The van der Waals surface area contributed by atoms with Gasteiger partial charge in [0, 0.05) is 25.3 Å². The third-order valence-electron chi connectivity index (χ3n) is 3.50. The Balaban J connectivity index is 1.80.